The smallest absolute Gasteiger partial charge is 0.338 e. The van der Waals surface area contributed by atoms with Gasteiger partial charge in [-0.15, -0.1) is 0 Å². The molecule has 0 aliphatic carbocycles. The molecule has 18 heavy (non-hydrogen) atoms. The Bertz CT molecular complexity index is 602. The van der Waals surface area contributed by atoms with Gasteiger partial charge in [0.1, 0.15) is 0 Å². The predicted octanol–water partition coefficient (Wildman–Crippen LogP) is 3.82. The molecule has 0 unspecified atom stereocenters. The van der Waals surface area contributed by atoms with E-state index in [0.717, 1.165) is 10.0 Å². The molecule has 0 aliphatic rings. The van der Waals surface area contributed by atoms with Crippen LogP contribution in [0.25, 0.3) is 12.2 Å². The number of hydrogen-bond acceptors (Lipinski definition) is 4. The average molecular weight is 309 g/mol. The minimum Gasteiger partial charge on any atom is -0.349 e. The van der Waals surface area contributed by atoms with E-state index in [1.165, 1.54) is 0 Å². The first-order chi connectivity index (χ1) is 8.58. The molecule has 6 heteroatoms. The van der Waals surface area contributed by atoms with Crippen LogP contribution in [0.3, 0.4) is 0 Å². The zero-order chi connectivity index (χ0) is 13.1. The van der Waals surface area contributed by atoms with E-state index in [9.17, 15) is 10.1 Å². The summed E-state index contributed by atoms with van der Waals surface area (Å²) in [5.41, 5.74) is 1.10. The van der Waals surface area contributed by atoms with Crippen LogP contribution in [0, 0.1) is 17.0 Å². The van der Waals surface area contributed by atoms with Crippen molar-refractivity contribution in [3.8, 4) is 0 Å². The van der Waals surface area contributed by atoms with E-state index < -0.39 is 4.92 Å². The monoisotopic (exact) mass is 308 g/mol. The van der Waals surface area contributed by atoms with Gasteiger partial charge in [-0.3, -0.25) is 10.1 Å². The quantitative estimate of drug-likeness (QED) is 0.638. The van der Waals surface area contributed by atoms with Crippen molar-refractivity contribution >= 4 is 33.8 Å². The van der Waals surface area contributed by atoms with Gasteiger partial charge in [0.2, 0.25) is 5.76 Å². The minimum absolute atomic E-state index is 0.0941. The predicted molar refractivity (Wildman–Crippen MR) is 71.0 cm³/mol. The highest BCUT2D eigenvalue weighted by molar-refractivity contribution is 9.10. The highest BCUT2D eigenvalue weighted by Gasteiger charge is 2.21. The largest absolute Gasteiger partial charge is 0.349 e. The van der Waals surface area contributed by atoms with E-state index in [4.69, 9.17) is 4.52 Å². The summed E-state index contributed by atoms with van der Waals surface area (Å²) in [5, 5.41) is 14.4. The molecule has 0 saturated carbocycles. The van der Waals surface area contributed by atoms with Crippen LogP contribution < -0.4 is 0 Å². The fourth-order valence-corrected chi connectivity index (χ4v) is 1.72. The third-order valence-electron chi connectivity index (χ3n) is 2.34. The Hall–Kier alpha value is -1.95. The van der Waals surface area contributed by atoms with E-state index in [-0.39, 0.29) is 17.1 Å². The van der Waals surface area contributed by atoms with Crippen molar-refractivity contribution < 1.29 is 9.45 Å². The topological polar surface area (TPSA) is 69.2 Å². The third kappa shape index (κ3) is 2.65. The van der Waals surface area contributed by atoms with E-state index in [2.05, 4.69) is 21.1 Å². The molecule has 2 aromatic rings. The Balaban J connectivity index is 2.29. The summed E-state index contributed by atoms with van der Waals surface area (Å²) in [6, 6.07) is 7.55. The van der Waals surface area contributed by atoms with Crippen LogP contribution in [-0.2, 0) is 0 Å². The maximum absolute atomic E-state index is 10.8. The molecule has 0 atom stereocenters. The van der Waals surface area contributed by atoms with Crippen LogP contribution in [-0.4, -0.2) is 10.1 Å². The molecule has 5 nitrogen and oxygen atoms in total. The Kier molecular flexibility index (Phi) is 3.57. The second-order valence-corrected chi connectivity index (χ2v) is 4.54. The molecule has 1 aromatic heterocycles. The molecular weight excluding hydrogens is 300 g/mol. The highest BCUT2D eigenvalue weighted by Crippen LogP contribution is 2.24. The zero-order valence-electron chi connectivity index (χ0n) is 9.46. The molecular formula is C12H9BrN2O3. The molecule has 1 heterocycles. The maximum atomic E-state index is 10.8. The van der Waals surface area contributed by atoms with Crippen LogP contribution in [0.4, 0.5) is 5.69 Å². The van der Waals surface area contributed by atoms with Crippen LogP contribution in [0.15, 0.2) is 33.3 Å². The summed E-state index contributed by atoms with van der Waals surface area (Å²) in [4.78, 5) is 10.3. The van der Waals surface area contributed by atoms with E-state index in [0.29, 0.717) is 0 Å². The lowest BCUT2D eigenvalue weighted by atomic mass is 10.2. The van der Waals surface area contributed by atoms with Gasteiger partial charge in [-0.2, -0.15) is 0 Å². The standard InChI is InChI=1S/C12H9BrN2O3/c1-8-12(15(16)17)11(18-14-8)7-4-9-2-5-10(13)6-3-9/h2-7H,1H3/b7-4-. The minimum atomic E-state index is -0.493. The number of aryl methyl sites for hydroxylation is 1. The summed E-state index contributed by atoms with van der Waals surface area (Å²) in [5.74, 6) is 0.153. The van der Waals surface area contributed by atoms with Gasteiger partial charge in [0.25, 0.3) is 0 Å². The Morgan fingerprint density at radius 1 is 1.33 bits per heavy atom. The first-order valence-corrected chi connectivity index (χ1v) is 5.91. The fraction of sp³-hybridized carbons (Fsp3) is 0.0833. The Labute approximate surface area is 111 Å². The number of hydrogen-bond donors (Lipinski definition) is 0. The summed E-state index contributed by atoms with van der Waals surface area (Å²) in [6.07, 6.45) is 3.28. The SMILES string of the molecule is Cc1noc(/C=C\c2ccc(Br)cc2)c1[N+](=O)[O-]. The number of rotatable bonds is 3. The van der Waals surface area contributed by atoms with E-state index >= 15 is 0 Å². The number of aromatic nitrogens is 1. The first-order valence-electron chi connectivity index (χ1n) is 5.12. The van der Waals surface area contributed by atoms with Crippen LogP contribution in [0.2, 0.25) is 0 Å². The van der Waals surface area contributed by atoms with Crippen molar-refractivity contribution in [2.24, 2.45) is 0 Å². The lowest BCUT2D eigenvalue weighted by molar-refractivity contribution is -0.386. The Morgan fingerprint density at radius 2 is 2.00 bits per heavy atom. The van der Waals surface area contributed by atoms with Crippen LogP contribution in [0.1, 0.15) is 17.0 Å². The molecule has 92 valence electrons. The van der Waals surface area contributed by atoms with Crippen LogP contribution in [0.5, 0.6) is 0 Å². The number of benzene rings is 1. The second-order valence-electron chi connectivity index (χ2n) is 3.62. The molecule has 0 N–H and O–H groups in total. The van der Waals surface area contributed by atoms with Crippen LogP contribution >= 0.6 is 15.9 Å². The number of nitro groups is 1. The van der Waals surface area contributed by atoms with Gasteiger partial charge >= 0.3 is 5.69 Å². The third-order valence-corrected chi connectivity index (χ3v) is 2.87. The Morgan fingerprint density at radius 3 is 2.61 bits per heavy atom. The molecule has 0 amide bonds. The number of halogens is 1. The summed E-state index contributed by atoms with van der Waals surface area (Å²) in [7, 11) is 0. The summed E-state index contributed by atoms with van der Waals surface area (Å²) in [6.45, 7) is 1.54. The van der Waals surface area contributed by atoms with Crippen molar-refractivity contribution in [3.05, 3.63) is 55.9 Å². The van der Waals surface area contributed by atoms with Crippen molar-refractivity contribution in [2.45, 2.75) is 6.92 Å². The van der Waals surface area contributed by atoms with Crippen molar-refractivity contribution in [2.75, 3.05) is 0 Å². The molecule has 0 aliphatic heterocycles. The highest BCUT2D eigenvalue weighted by atomic mass is 79.9. The average Bonchev–Trinajstić information content (AvgIpc) is 2.70. The summed E-state index contributed by atoms with van der Waals surface area (Å²) >= 11 is 3.33. The van der Waals surface area contributed by atoms with Gasteiger partial charge in [-0.1, -0.05) is 39.3 Å². The molecule has 2 rings (SSSR count). The van der Waals surface area contributed by atoms with Crippen molar-refractivity contribution in [1.82, 2.24) is 5.16 Å². The molecule has 0 fully saturated rings. The van der Waals surface area contributed by atoms with Crippen molar-refractivity contribution in [1.29, 1.82) is 0 Å². The van der Waals surface area contributed by atoms with Gasteiger partial charge < -0.3 is 4.52 Å². The molecule has 0 saturated heterocycles. The van der Waals surface area contributed by atoms with E-state index in [1.54, 1.807) is 19.1 Å². The maximum Gasteiger partial charge on any atom is 0.338 e. The van der Waals surface area contributed by atoms with Gasteiger partial charge in [-0.05, 0) is 30.7 Å². The van der Waals surface area contributed by atoms with Gasteiger partial charge in [0.15, 0.2) is 5.69 Å². The second kappa shape index (κ2) is 5.14. The number of nitrogens with zero attached hydrogens (tertiary/aromatic N) is 2. The van der Waals surface area contributed by atoms with Crippen molar-refractivity contribution in [3.63, 3.8) is 0 Å². The lowest BCUT2D eigenvalue weighted by Crippen LogP contribution is -1.90. The van der Waals surface area contributed by atoms with Gasteiger partial charge in [0.05, 0.1) is 4.92 Å². The lowest BCUT2D eigenvalue weighted by Gasteiger charge is -1.92. The normalized spacial score (nSPS) is 11.0. The molecule has 1 aromatic carbocycles. The first kappa shape index (κ1) is 12.5. The zero-order valence-corrected chi connectivity index (χ0v) is 11.0. The van der Waals surface area contributed by atoms with E-state index in [1.807, 2.05) is 24.3 Å². The molecule has 0 bridgehead atoms. The molecule has 0 spiro atoms. The van der Waals surface area contributed by atoms with Gasteiger partial charge in [0, 0.05) is 4.47 Å². The summed E-state index contributed by atoms with van der Waals surface area (Å²) < 4.78 is 5.89. The fourth-order valence-electron chi connectivity index (χ4n) is 1.46. The van der Waals surface area contributed by atoms with Gasteiger partial charge in [-0.25, -0.2) is 0 Å². The molecule has 0 radical (unpaired) electrons.